The molecule has 114 valence electrons. The molecule has 2 rings (SSSR count). The molecule has 0 aliphatic carbocycles. The maximum Gasteiger partial charge on any atom is 0.321 e. The van der Waals surface area contributed by atoms with Crippen LogP contribution in [0.4, 0.5) is 19.3 Å². The summed E-state index contributed by atoms with van der Waals surface area (Å²) < 4.78 is 26.7. The third kappa shape index (κ3) is 3.69. The highest BCUT2D eigenvalue weighted by Crippen LogP contribution is 2.27. The van der Waals surface area contributed by atoms with Crippen molar-refractivity contribution in [1.29, 1.82) is 0 Å². The van der Waals surface area contributed by atoms with Crippen molar-refractivity contribution in [3.8, 4) is 0 Å². The Bertz CT molecular complexity index is 560. The number of halogens is 3. The van der Waals surface area contributed by atoms with Gasteiger partial charge in [-0.25, -0.2) is 13.6 Å². The average molecular weight is 363 g/mol. The second-order valence-electron chi connectivity index (χ2n) is 4.80. The van der Waals surface area contributed by atoms with Gasteiger partial charge >= 0.3 is 12.0 Å². The molecule has 0 unspecified atom stereocenters. The monoisotopic (exact) mass is 362 g/mol. The number of anilines is 1. The molecule has 1 fully saturated rings. The zero-order chi connectivity index (χ0) is 15.6. The average Bonchev–Trinajstić information content (AvgIpc) is 2.42. The number of carboxylic acid groups (broad SMARTS) is 1. The Labute approximate surface area is 128 Å². The van der Waals surface area contributed by atoms with Crippen molar-refractivity contribution in [2.45, 2.75) is 12.8 Å². The number of hydrogen-bond acceptors (Lipinski definition) is 2. The molecule has 5 nitrogen and oxygen atoms in total. The summed E-state index contributed by atoms with van der Waals surface area (Å²) in [5.74, 6) is -3.24. The smallest absolute Gasteiger partial charge is 0.321 e. The molecule has 1 heterocycles. The predicted molar refractivity (Wildman–Crippen MR) is 75.0 cm³/mol. The van der Waals surface area contributed by atoms with E-state index in [0.717, 1.165) is 6.07 Å². The molecule has 2 amide bonds. The van der Waals surface area contributed by atoms with Crippen molar-refractivity contribution >= 4 is 33.6 Å². The molecule has 1 aliphatic rings. The second kappa shape index (κ2) is 6.38. The van der Waals surface area contributed by atoms with Crippen molar-refractivity contribution in [2.24, 2.45) is 5.92 Å². The normalized spacial score (nSPS) is 18.4. The Hall–Kier alpha value is -1.70. The zero-order valence-corrected chi connectivity index (χ0v) is 12.5. The zero-order valence-electron chi connectivity index (χ0n) is 10.9. The Kier molecular flexibility index (Phi) is 4.76. The number of urea groups is 1. The Balaban J connectivity index is 2.10. The first-order valence-electron chi connectivity index (χ1n) is 6.31. The SMILES string of the molecule is O=C(O)[C@H]1CCCN(C(=O)Nc2c(F)cc(F)cc2Br)C1. The van der Waals surface area contributed by atoms with Crippen LogP contribution >= 0.6 is 15.9 Å². The van der Waals surface area contributed by atoms with E-state index in [4.69, 9.17) is 5.11 Å². The number of nitrogens with zero attached hydrogens (tertiary/aromatic N) is 1. The van der Waals surface area contributed by atoms with E-state index in [9.17, 15) is 18.4 Å². The quantitative estimate of drug-likeness (QED) is 0.849. The number of carbonyl (C=O) groups excluding carboxylic acids is 1. The van der Waals surface area contributed by atoms with Gasteiger partial charge in [-0.2, -0.15) is 0 Å². The Morgan fingerprint density at radius 3 is 2.71 bits per heavy atom. The van der Waals surface area contributed by atoms with Gasteiger partial charge < -0.3 is 15.3 Å². The summed E-state index contributed by atoms with van der Waals surface area (Å²) in [7, 11) is 0. The van der Waals surface area contributed by atoms with Crippen molar-refractivity contribution in [3.05, 3.63) is 28.2 Å². The molecule has 1 aromatic carbocycles. The largest absolute Gasteiger partial charge is 0.481 e. The molecule has 1 saturated heterocycles. The molecule has 0 aromatic heterocycles. The lowest BCUT2D eigenvalue weighted by Crippen LogP contribution is -2.44. The summed E-state index contributed by atoms with van der Waals surface area (Å²) in [4.78, 5) is 24.3. The van der Waals surface area contributed by atoms with Gasteiger partial charge in [-0.3, -0.25) is 4.79 Å². The van der Waals surface area contributed by atoms with Crippen LogP contribution in [0.5, 0.6) is 0 Å². The summed E-state index contributed by atoms with van der Waals surface area (Å²) in [6, 6.07) is 1.10. The van der Waals surface area contributed by atoms with Gasteiger partial charge in [0.15, 0.2) is 5.82 Å². The van der Waals surface area contributed by atoms with Gasteiger partial charge in [0.1, 0.15) is 5.82 Å². The number of amides is 2. The molecule has 2 N–H and O–H groups in total. The fourth-order valence-electron chi connectivity index (χ4n) is 2.21. The molecule has 0 bridgehead atoms. The third-order valence-electron chi connectivity index (χ3n) is 3.30. The van der Waals surface area contributed by atoms with E-state index < -0.39 is 29.6 Å². The van der Waals surface area contributed by atoms with Gasteiger partial charge in [0.05, 0.1) is 11.6 Å². The first-order valence-corrected chi connectivity index (χ1v) is 7.11. The van der Waals surface area contributed by atoms with E-state index in [2.05, 4.69) is 21.2 Å². The highest BCUT2D eigenvalue weighted by Gasteiger charge is 2.28. The number of carbonyl (C=O) groups is 2. The van der Waals surface area contributed by atoms with E-state index >= 15 is 0 Å². The van der Waals surface area contributed by atoms with Crippen molar-refractivity contribution in [2.75, 3.05) is 18.4 Å². The van der Waals surface area contributed by atoms with Gasteiger partial charge in [0, 0.05) is 23.6 Å². The lowest BCUT2D eigenvalue weighted by atomic mass is 9.99. The van der Waals surface area contributed by atoms with Gasteiger partial charge in [0.25, 0.3) is 0 Å². The molecule has 1 aromatic rings. The summed E-state index contributed by atoms with van der Waals surface area (Å²) in [6.45, 7) is 0.470. The minimum atomic E-state index is -0.957. The standard InChI is InChI=1S/C13H13BrF2N2O3/c14-9-4-8(15)5-10(16)11(9)17-13(21)18-3-1-2-7(6-18)12(19)20/h4-5,7H,1-3,6H2,(H,17,21)(H,19,20)/t7-/m0/s1. The predicted octanol–water partition coefficient (Wildman–Crippen LogP) is 3.06. The van der Waals surface area contributed by atoms with Crippen LogP contribution in [-0.2, 0) is 4.79 Å². The molecular formula is C13H13BrF2N2O3. The molecule has 21 heavy (non-hydrogen) atoms. The topological polar surface area (TPSA) is 69.6 Å². The first-order chi connectivity index (χ1) is 9.88. The molecule has 0 spiro atoms. The number of nitrogens with one attached hydrogen (secondary N) is 1. The van der Waals surface area contributed by atoms with Crippen LogP contribution in [0.25, 0.3) is 0 Å². The van der Waals surface area contributed by atoms with Crippen LogP contribution in [0.3, 0.4) is 0 Å². The number of aliphatic carboxylic acids is 1. The minimum absolute atomic E-state index is 0.0710. The maximum atomic E-state index is 13.6. The molecule has 8 heteroatoms. The summed E-state index contributed by atoms with van der Waals surface area (Å²) >= 11 is 2.98. The fraction of sp³-hybridized carbons (Fsp3) is 0.385. The van der Waals surface area contributed by atoms with E-state index in [0.29, 0.717) is 25.5 Å². The van der Waals surface area contributed by atoms with E-state index in [-0.39, 0.29) is 16.7 Å². The number of rotatable bonds is 2. The number of likely N-dealkylation sites (tertiary alicyclic amines) is 1. The third-order valence-corrected chi connectivity index (χ3v) is 3.92. The lowest BCUT2D eigenvalue weighted by molar-refractivity contribution is -0.143. The molecule has 1 aliphatic heterocycles. The van der Waals surface area contributed by atoms with Crippen molar-refractivity contribution in [3.63, 3.8) is 0 Å². The maximum absolute atomic E-state index is 13.6. The van der Waals surface area contributed by atoms with Gasteiger partial charge in [-0.15, -0.1) is 0 Å². The minimum Gasteiger partial charge on any atom is -0.481 e. The van der Waals surface area contributed by atoms with Crippen LogP contribution in [0.15, 0.2) is 16.6 Å². The van der Waals surface area contributed by atoms with E-state index in [1.54, 1.807) is 0 Å². The van der Waals surface area contributed by atoms with Crippen LogP contribution in [0.2, 0.25) is 0 Å². The van der Waals surface area contributed by atoms with Crippen LogP contribution in [-0.4, -0.2) is 35.1 Å². The summed E-state index contributed by atoms with van der Waals surface area (Å²) in [5.41, 5.74) is -0.168. The fourth-order valence-corrected chi connectivity index (χ4v) is 2.72. The van der Waals surface area contributed by atoms with Gasteiger partial charge in [0.2, 0.25) is 0 Å². The highest BCUT2D eigenvalue weighted by molar-refractivity contribution is 9.10. The number of benzene rings is 1. The number of piperidine rings is 1. The van der Waals surface area contributed by atoms with Crippen LogP contribution in [0.1, 0.15) is 12.8 Å². The van der Waals surface area contributed by atoms with Crippen molar-refractivity contribution in [1.82, 2.24) is 4.90 Å². The van der Waals surface area contributed by atoms with Gasteiger partial charge in [-0.1, -0.05) is 0 Å². The molecule has 1 atom stereocenters. The number of carboxylic acids is 1. The highest BCUT2D eigenvalue weighted by atomic mass is 79.9. The van der Waals surface area contributed by atoms with Crippen molar-refractivity contribution < 1.29 is 23.5 Å². The summed E-state index contributed by atoms with van der Waals surface area (Å²) in [5, 5.41) is 11.3. The Morgan fingerprint density at radius 1 is 1.38 bits per heavy atom. The Morgan fingerprint density at radius 2 is 2.10 bits per heavy atom. The van der Waals surface area contributed by atoms with Crippen LogP contribution in [0, 0.1) is 17.6 Å². The molecule has 0 saturated carbocycles. The van der Waals surface area contributed by atoms with Crippen LogP contribution < -0.4 is 5.32 Å². The first kappa shape index (κ1) is 15.7. The second-order valence-corrected chi connectivity index (χ2v) is 5.65. The van der Waals surface area contributed by atoms with E-state index in [1.807, 2.05) is 0 Å². The molecular weight excluding hydrogens is 350 g/mol. The van der Waals surface area contributed by atoms with Gasteiger partial charge in [-0.05, 0) is 34.8 Å². The lowest BCUT2D eigenvalue weighted by Gasteiger charge is -2.30. The van der Waals surface area contributed by atoms with E-state index in [1.165, 1.54) is 4.90 Å². The number of hydrogen-bond donors (Lipinski definition) is 2. The summed E-state index contributed by atoms with van der Waals surface area (Å²) in [6.07, 6.45) is 1.07. The molecule has 0 radical (unpaired) electrons.